The van der Waals surface area contributed by atoms with Gasteiger partial charge in [0, 0.05) is 49.7 Å². The predicted octanol–water partition coefficient (Wildman–Crippen LogP) is 3.12. The molecule has 0 bridgehead atoms. The Morgan fingerprint density at radius 2 is 1.68 bits per heavy atom. The molecule has 0 N–H and O–H groups in total. The number of halogens is 1. The number of aryl methyl sites for hydroxylation is 1. The minimum Gasteiger partial charge on any atom is -0.353 e. The van der Waals surface area contributed by atoms with Gasteiger partial charge in [-0.1, -0.05) is 29.8 Å². The molecule has 2 aromatic heterocycles. The molecule has 1 aliphatic rings. The first-order chi connectivity index (χ1) is 13.6. The number of amides is 1. The summed E-state index contributed by atoms with van der Waals surface area (Å²) in [5, 5.41) is 0.642. The van der Waals surface area contributed by atoms with E-state index in [9.17, 15) is 4.79 Å². The van der Waals surface area contributed by atoms with Gasteiger partial charge in [0.05, 0.1) is 6.42 Å². The van der Waals surface area contributed by atoms with Gasteiger partial charge in [0.1, 0.15) is 17.5 Å². The fraction of sp³-hybridized carbons (Fsp3) is 0.286. The van der Waals surface area contributed by atoms with Crippen molar-refractivity contribution in [2.24, 2.45) is 0 Å². The van der Waals surface area contributed by atoms with E-state index in [0.717, 1.165) is 36.1 Å². The van der Waals surface area contributed by atoms with Crippen LogP contribution in [-0.4, -0.2) is 51.5 Å². The minimum absolute atomic E-state index is 0.111. The van der Waals surface area contributed by atoms with Crippen molar-refractivity contribution >= 4 is 23.3 Å². The highest BCUT2D eigenvalue weighted by Gasteiger charge is 2.23. The SMILES string of the molecule is Cc1nc(N2CCN(C(=O)Cc3ccccc3Cl)CC2)cc(-n2cccc2)n1. The zero-order chi connectivity index (χ0) is 19.5. The molecule has 0 atom stereocenters. The van der Waals surface area contributed by atoms with E-state index in [1.165, 1.54) is 0 Å². The van der Waals surface area contributed by atoms with Gasteiger partial charge in [0.2, 0.25) is 5.91 Å². The molecule has 0 unspecified atom stereocenters. The second-order valence-electron chi connectivity index (χ2n) is 6.86. The molecular weight excluding hydrogens is 374 g/mol. The topological polar surface area (TPSA) is 54.3 Å². The largest absolute Gasteiger partial charge is 0.353 e. The van der Waals surface area contributed by atoms with Gasteiger partial charge in [0.15, 0.2) is 0 Å². The smallest absolute Gasteiger partial charge is 0.227 e. The van der Waals surface area contributed by atoms with Gasteiger partial charge in [-0.05, 0) is 30.7 Å². The Morgan fingerprint density at radius 1 is 1.00 bits per heavy atom. The van der Waals surface area contributed by atoms with Crippen LogP contribution in [0.15, 0.2) is 54.9 Å². The Morgan fingerprint density at radius 3 is 2.39 bits per heavy atom. The average Bonchev–Trinajstić information content (AvgIpc) is 3.24. The summed E-state index contributed by atoms with van der Waals surface area (Å²) in [4.78, 5) is 25.9. The molecule has 28 heavy (non-hydrogen) atoms. The number of aromatic nitrogens is 3. The van der Waals surface area contributed by atoms with Crippen LogP contribution >= 0.6 is 11.6 Å². The van der Waals surface area contributed by atoms with Gasteiger partial charge >= 0.3 is 0 Å². The standard InChI is InChI=1S/C21H22ClN5O/c1-16-23-19(25-8-4-5-9-25)15-20(24-16)26-10-12-27(13-11-26)21(28)14-17-6-2-3-7-18(17)22/h2-9,15H,10-14H2,1H3. The van der Waals surface area contributed by atoms with Gasteiger partial charge in [0.25, 0.3) is 0 Å². The van der Waals surface area contributed by atoms with Gasteiger partial charge in [-0.2, -0.15) is 0 Å². The van der Waals surface area contributed by atoms with Crippen molar-refractivity contribution in [1.82, 2.24) is 19.4 Å². The van der Waals surface area contributed by atoms with Crippen LogP contribution in [0.25, 0.3) is 5.82 Å². The average molecular weight is 396 g/mol. The third-order valence-electron chi connectivity index (χ3n) is 4.94. The molecule has 6 nitrogen and oxygen atoms in total. The maximum atomic E-state index is 12.6. The lowest BCUT2D eigenvalue weighted by Gasteiger charge is -2.35. The molecule has 3 aromatic rings. The molecule has 0 aliphatic carbocycles. The van der Waals surface area contributed by atoms with Crippen LogP contribution in [0.1, 0.15) is 11.4 Å². The second kappa shape index (κ2) is 8.02. The summed E-state index contributed by atoms with van der Waals surface area (Å²) in [5.41, 5.74) is 0.874. The van der Waals surface area contributed by atoms with Crippen molar-refractivity contribution in [3.05, 3.63) is 71.3 Å². The van der Waals surface area contributed by atoms with Gasteiger partial charge in [-0.25, -0.2) is 9.97 Å². The molecule has 1 saturated heterocycles. The Bertz CT molecular complexity index is 965. The van der Waals surface area contributed by atoms with E-state index in [1.807, 2.05) is 71.2 Å². The maximum Gasteiger partial charge on any atom is 0.227 e. The van der Waals surface area contributed by atoms with Crippen molar-refractivity contribution < 1.29 is 4.79 Å². The van der Waals surface area contributed by atoms with E-state index in [1.54, 1.807) is 0 Å². The van der Waals surface area contributed by atoms with E-state index < -0.39 is 0 Å². The number of piperazine rings is 1. The van der Waals surface area contributed by atoms with Gasteiger partial charge in [-0.15, -0.1) is 0 Å². The molecule has 0 saturated carbocycles. The van der Waals surface area contributed by atoms with Gasteiger partial charge < -0.3 is 14.4 Å². The molecule has 0 radical (unpaired) electrons. The van der Waals surface area contributed by atoms with Crippen LogP contribution in [-0.2, 0) is 11.2 Å². The lowest BCUT2D eigenvalue weighted by Crippen LogP contribution is -2.49. The Kier molecular flexibility index (Phi) is 5.30. The first-order valence-electron chi connectivity index (χ1n) is 9.35. The lowest BCUT2D eigenvalue weighted by atomic mass is 10.1. The number of hydrogen-bond donors (Lipinski definition) is 0. The molecule has 1 aromatic carbocycles. The quantitative estimate of drug-likeness (QED) is 0.681. The van der Waals surface area contributed by atoms with Crippen LogP contribution in [0.5, 0.6) is 0 Å². The van der Waals surface area contributed by atoms with Crippen molar-refractivity contribution in [3.63, 3.8) is 0 Å². The molecule has 7 heteroatoms. The molecule has 1 aliphatic heterocycles. The van der Waals surface area contributed by atoms with Crippen LogP contribution in [0.3, 0.4) is 0 Å². The Hall–Kier alpha value is -2.86. The zero-order valence-electron chi connectivity index (χ0n) is 15.8. The number of carbonyl (C=O) groups is 1. The molecule has 4 rings (SSSR count). The number of carbonyl (C=O) groups excluding carboxylic acids is 1. The summed E-state index contributed by atoms with van der Waals surface area (Å²) in [5.74, 6) is 2.59. The van der Waals surface area contributed by atoms with Crippen molar-refractivity contribution in [3.8, 4) is 5.82 Å². The van der Waals surface area contributed by atoms with Crippen LogP contribution in [0.2, 0.25) is 5.02 Å². The summed E-state index contributed by atoms with van der Waals surface area (Å²) in [7, 11) is 0. The summed E-state index contributed by atoms with van der Waals surface area (Å²) < 4.78 is 1.97. The fourth-order valence-corrected chi connectivity index (χ4v) is 3.62. The third-order valence-corrected chi connectivity index (χ3v) is 5.30. The zero-order valence-corrected chi connectivity index (χ0v) is 16.5. The number of nitrogens with zero attached hydrogens (tertiary/aromatic N) is 5. The monoisotopic (exact) mass is 395 g/mol. The summed E-state index contributed by atoms with van der Waals surface area (Å²) in [6.07, 6.45) is 4.28. The highest BCUT2D eigenvalue weighted by atomic mass is 35.5. The van der Waals surface area contributed by atoms with E-state index in [-0.39, 0.29) is 5.91 Å². The van der Waals surface area contributed by atoms with Gasteiger partial charge in [-0.3, -0.25) is 4.79 Å². The van der Waals surface area contributed by atoms with E-state index in [0.29, 0.717) is 24.5 Å². The summed E-state index contributed by atoms with van der Waals surface area (Å²) in [6.45, 7) is 4.74. The number of anilines is 1. The number of rotatable bonds is 4. The molecule has 144 valence electrons. The van der Waals surface area contributed by atoms with Crippen LogP contribution < -0.4 is 4.90 Å². The number of hydrogen-bond acceptors (Lipinski definition) is 4. The molecule has 3 heterocycles. The molecular formula is C21H22ClN5O. The number of benzene rings is 1. The lowest BCUT2D eigenvalue weighted by molar-refractivity contribution is -0.130. The molecule has 0 spiro atoms. The maximum absolute atomic E-state index is 12.6. The van der Waals surface area contributed by atoms with E-state index in [4.69, 9.17) is 11.6 Å². The minimum atomic E-state index is 0.111. The first-order valence-corrected chi connectivity index (χ1v) is 9.73. The highest BCUT2D eigenvalue weighted by molar-refractivity contribution is 6.31. The predicted molar refractivity (Wildman–Crippen MR) is 110 cm³/mol. The van der Waals surface area contributed by atoms with Crippen LogP contribution in [0.4, 0.5) is 5.82 Å². The Labute approximate surface area is 169 Å². The fourth-order valence-electron chi connectivity index (χ4n) is 3.42. The van der Waals surface area contributed by atoms with Crippen LogP contribution in [0, 0.1) is 6.92 Å². The highest BCUT2D eigenvalue weighted by Crippen LogP contribution is 2.19. The van der Waals surface area contributed by atoms with E-state index in [2.05, 4.69) is 14.9 Å². The van der Waals surface area contributed by atoms with Crippen molar-refractivity contribution in [2.75, 3.05) is 31.1 Å². The summed E-state index contributed by atoms with van der Waals surface area (Å²) >= 11 is 6.19. The van der Waals surface area contributed by atoms with Crippen molar-refractivity contribution in [1.29, 1.82) is 0 Å². The second-order valence-corrected chi connectivity index (χ2v) is 7.27. The first kappa shape index (κ1) is 18.5. The molecule has 1 fully saturated rings. The molecule has 1 amide bonds. The summed E-state index contributed by atoms with van der Waals surface area (Å²) in [6, 6.07) is 13.5. The Balaban J connectivity index is 1.42. The third kappa shape index (κ3) is 4.02. The van der Waals surface area contributed by atoms with Crippen molar-refractivity contribution in [2.45, 2.75) is 13.3 Å². The van der Waals surface area contributed by atoms with E-state index >= 15 is 0 Å². The normalized spacial score (nSPS) is 14.4.